The molecule has 1 aromatic carbocycles. The molecule has 130 valence electrons. The number of aromatic nitrogens is 2. The lowest BCUT2D eigenvalue weighted by atomic mass is 9.89. The fourth-order valence-electron chi connectivity index (χ4n) is 3.26. The van der Waals surface area contributed by atoms with Gasteiger partial charge in [0.15, 0.2) is 0 Å². The van der Waals surface area contributed by atoms with Crippen LogP contribution < -0.4 is 5.32 Å². The van der Waals surface area contributed by atoms with Gasteiger partial charge in [-0.25, -0.2) is 0 Å². The summed E-state index contributed by atoms with van der Waals surface area (Å²) in [6.45, 7) is 3.76. The topological polar surface area (TPSA) is 59.3 Å². The molecule has 0 spiro atoms. The fraction of sp³-hybridized carbons (Fsp3) is 0.526. The minimum absolute atomic E-state index is 0.117. The molecule has 5 nitrogen and oxygen atoms in total. The van der Waals surface area contributed by atoms with Crippen LogP contribution >= 0.6 is 0 Å². The van der Waals surface area contributed by atoms with Gasteiger partial charge in [0.25, 0.3) is 0 Å². The highest BCUT2D eigenvalue weighted by Crippen LogP contribution is 2.32. The molecule has 2 aromatic rings. The predicted octanol–water partition coefficient (Wildman–Crippen LogP) is 2.32. The van der Waals surface area contributed by atoms with Crippen molar-refractivity contribution in [3.63, 3.8) is 0 Å². The van der Waals surface area contributed by atoms with Crippen molar-refractivity contribution in [3.05, 3.63) is 53.9 Å². The SMILES string of the molecule is CC(Cn1cccn1)NCC(O)COC1CCCc2ccccc21. The van der Waals surface area contributed by atoms with Gasteiger partial charge < -0.3 is 15.2 Å². The zero-order chi connectivity index (χ0) is 16.8. The van der Waals surface area contributed by atoms with Crippen LogP contribution in [0.25, 0.3) is 0 Å². The van der Waals surface area contributed by atoms with Crippen LogP contribution in [0, 0.1) is 0 Å². The summed E-state index contributed by atoms with van der Waals surface area (Å²) in [4.78, 5) is 0. The van der Waals surface area contributed by atoms with Gasteiger partial charge in [0.05, 0.1) is 25.4 Å². The summed E-state index contributed by atoms with van der Waals surface area (Å²) in [5.74, 6) is 0. The van der Waals surface area contributed by atoms with Gasteiger partial charge in [-0.1, -0.05) is 24.3 Å². The van der Waals surface area contributed by atoms with Crippen LogP contribution in [0.2, 0.25) is 0 Å². The molecule has 3 atom stereocenters. The second kappa shape index (κ2) is 8.42. The molecule has 0 radical (unpaired) electrons. The Hall–Kier alpha value is -1.69. The van der Waals surface area contributed by atoms with Crippen LogP contribution in [0.3, 0.4) is 0 Å². The largest absolute Gasteiger partial charge is 0.389 e. The van der Waals surface area contributed by atoms with Crippen molar-refractivity contribution in [2.24, 2.45) is 0 Å². The summed E-state index contributed by atoms with van der Waals surface area (Å²) in [5.41, 5.74) is 2.67. The van der Waals surface area contributed by atoms with E-state index in [0.29, 0.717) is 13.2 Å². The Kier molecular flexibility index (Phi) is 6.01. The quantitative estimate of drug-likeness (QED) is 0.780. The van der Waals surface area contributed by atoms with E-state index >= 15 is 0 Å². The van der Waals surface area contributed by atoms with Gasteiger partial charge in [-0.3, -0.25) is 4.68 Å². The number of nitrogens with zero attached hydrogens (tertiary/aromatic N) is 2. The number of ether oxygens (including phenoxy) is 1. The van der Waals surface area contributed by atoms with E-state index in [1.54, 1.807) is 6.20 Å². The second-order valence-corrected chi connectivity index (χ2v) is 6.60. The van der Waals surface area contributed by atoms with E-state index in [9.17, 15) is 5.11 Å². The molecule has 24 heavy (non-hydrogen) atoms. The molecule has 0 saturated carbocycles. The number of aliphatic hydroxyl groups excluding tert-OH is 1. The third-order valence-electron chi connectivity index (χ3n) is 4.53. The van der Waals surface area contributed by atoms with Crippen molar-refractivity contribution in [1.82, 2.24) is 15.1 Å². The van der Waals surface area contributed by atoms with Crippen molar-refractivity contribution in [1.29, 1.82) is 0 Å². The summed E-state index contributed by atoms with van der Waals surface area (Å²) in [7, 11) is 0. The van der Waals surface area contributed by atoms with Crippen molar-refractivity contribution in [3.8, 4) is 0 Å². The number of aryl methyl sites for hydroxylation is 1. The van der Waals surface area contributed by atoms with Crippen LogP contribution in [0.4, 0.5) is 0 Å². The smallest absolute Gasteiger partial charge is 0.0898 e. The normalized spacial score (nSPS) is 19.7. The number of hydrogen-bond donors (Lipinski definition) is 2. The van der Waals surface area contributed by atoms with Crippen LogP contribution in [0.15, 0.2) is 42.7 Å². The number of nitrogens with one attached hydrogen (secondary N) is 1. The van der Waals surface area contributed by atoms with Gasteiger partial charge in [0.2, 0.25) is 0 Å². The van der Waals surface area contributed by atoms with E-state index in [0.717, 1.165) is 25.8 Å². The zero-order valence-corrected chi connectivity index (χ0v) is 14.3. The number of rotatable bonds is 8. The molecule has 2 N–H and O–H groups in total. The van der Waals surface area contributed by atoms with Crippen molar-refractivity contribution in [2.75, 3.05) is 13.2 Å². The maximum Gasteiger partial charge on any atom is 0.0898 e. The van der Waals surface area contributed by atoms with Crippen LogP contribution in [0.5, 0.6) is 0 Å². The monoisotopic (exact) mass is 329 g/mol. The molecule has 0 bridgehead atoms. The highest BCUT2D eigenvalue weighted by atomic mass is 16.5. The first-order valence-corrected chi connectivity index (χ1v) is 8.80. The second-order valence-electron chi connectivity index (χ2n) is 6.60. The highest BCUT2D eigenvalue weighted by molar-refractivity contribution is 5.31. The Morgan fingerprint density at radius 3 is 3.08 bits per heavy atom. The van der Waals surface area contributed by atoms with E-state index < -0.39 is 6.10 Å². The molecule has 5 heteroatoms. The molecule has 0 fully saturated rings. The van der Waals surface area contributed by atoms with Gasteiger partial charge >= 0.3 is 0 Å². The van der Waals surface area contributed by atoms with Crippen LogP contribution in [-0.2, 0) is 17.7 Å². The zero-order valence-electron chi connectivity index (χ0n) is 14.3. The molecule has 1 heterocycles. The van der Waals surface area contributed by atoms with Gasteiger partial charge in [-0.15, -0.1) is 0 Å². The summed E-state index contributed by atoms with van der Waals surface area (Å²) in [6.07, 6.45) is 6.65. The minimum Gasteiger partial charge on any atom is -0.389 e. The molecule has 3 rings (SSSR count). The van der Waals surface area contributed by atoms with E-state index in [1.165, 1.54) is 11.1 Å². The van der Waals surface area contributed by atoms with E-state index in [4.69, 9.17) is 4.74 Å². The third-order valence-corrected chi connectivity index (χ3v) is 4.53. The first kappa shape index (κ1) is 17.1. The first-order chi connectivity index (χ1) is 11.7. The van der Waals surface area contributed by atoms with Crippen LogP contribution in [-0.4, -0.2) is 40.2 Å². The van der Waals surface area contributed by atoms with E-state index in [2.05, 4.69) is 41.6 Å². The maximum absolute atomic E-state index is 10.2. The maximum atomic E-state index is 10.2. The molecule has 0 saturated heterocycles. The van der Waals surface area contributed by atoms with E-state index in [-0.39, 0.29) is 12.1 Å². The van der Waals surface area contributed by atoms with Gasteiger partial charge in [-0.05, 0) is 43.4 Å². The fourth-order valence-corrected chi connectivity index (χ4v) is 3.26. The Morgan fingerprint density at radius 2 is 2.25 bits per heavy atom. The molecule has 1 aliphatic carbocycles. The standard InChI is InChI=1S/C19H27N3O2/c1-15(13-22-11-5-10-21-22)20-12-17(23)14-24-19-9-4-7-16-6-2-3-8-18(16)19/h2-3,5-6,8,10-11,15,17,19-20,23H,4,7,9,12-14H2,1H3. The lowest BCUT2D eigenvalue weighted by Crippen LogP contribution is -2.38. The Labute approximate surface area is 143 Å². The van der Waals surface area contributed by atoms with Gasteiger partial charge in [0, 0.05) is 25.0 Å². The Balaban J connectivity index is 1.40. The highest BCUT2D eigenvalue weighted by Gasteiger charge is 2.21. The Bertz CT molecular complexity index is 615. The summed E-state index contributed by atoms with van der Waals surface area (Å²) >= 11 is 0. The lowest BCUT2D eigenvalue weighted by molar-refractivity contribution is -0.0174. The minimum atomic E-state index is -0.501. The number of aliphatic hydroxyl groups is 1. The summed E-state index contributed by atoms with van der Waals surface area (Å²) in [6, 6.07) is 10.6. The average Bonchev–Trinajstić information content (AvgIpc) is 3.11. The third kappa shape index (κ3) is 4.66. The Morgan fingerprint density at radius 1 is 1.38 bits per heavy atom. The molecule has 1 aliphatic rings. The first-order valence-electron chi connectivity index (χ1n) is 8.80. The van der Waals surface area contributed by atoms with Crippen molar-refractivity contribution >= 4 is 0 Å². The summed E-state index contributed by atoms with van der Waals surface area (Å²) in [5, 5.41) is 17.7. The van der Waals surface area contributed by atoms with Crippen LogP contribution in [0.1, 0.15) is 37.0 Å². The van der Waals surface area contributed by atoms with Gasteiger partial charge in [0.1, 0.15) is 0 Å². The predicted molar refractivity (Wildman–Crippen MR) is 93.8 cm³/mol. The van der Waals surface area contributed by atoms with E-state index in [1.807, 2.05) is 16.9 Å². The van der Waals surface area contributed by atoms with Crippen molar-refractivity contribution in [2.45, 2.75) is 51.0 Å². The lowest BCUT2D eigenvalue weighted by Gasteiger charge is -2.27. The number of fused-ring (bicyclic) bond motifs is 1. The molecular weight excluding hydrogens is 302 g/mol. The summed E-state index contributed by atoms with van der Waals surface area (Å²) < 4.78 is 7.89. The molecule has 1 aromatic heterocycles. The number of hydrogen-bond acceptors (Lipinski definition) is 4. The molecule has 0 amide bonds. The van der Waals surface area contributed by atoms with Crippen molar-refractivity contribution < 1.29 is 9.84 Å². The molecular formula is C19H27N3O2. The van der Waals surface area contributed by atoms with Gasteiger partial charge in [-0.2, -0.15) is 5.10 Å². The number of benzene rings is 1. The molecule has 3 unspecified atom stereocenters. The molecule has 0 aliphatic heterocycles. The average molecular weight is 329 g/mol.